The largest absolute Gasteiger partial charge is 0.479 e. The molecule has 0 atom stereocenters. The number of hydrogen-bond acceptors (Lipinski definition) is 5. The van der Waals surface area contributed by atoms with Gasteiger partial charge in [0, 0.05) is 0 Å². The van der Waals surface area contributed by atoms with Gasteiger partial charge in [0.1, 0.15) is 6.20 Å². The summed E-state index contributed by atoms with van der Waals surface area (Å²) in [6.07, 6.45) is 0.915. The lowest BCUT2D eigenvalue weighted by molar-refractivity contribution is -0.139. The van der Waals surface area contributed by atoms with E-state index in [1.165, 1.54) is 12.1 Å². The van der Waals surface area contributed by atoms with Crippen molar-refractivity contribution >= 4 is 29.2 Å². The summed E-state index contributed by atoms with van der Waals surface area (Å²) in [6, 6.07) is 2.61. The van der Waals surface area contributed by atoms with Crippen LogP contribution in [-0.2, 0) is 4.79 Å². The minimum Gasteiger partial charge on any atom is -0.479 e. The van der Waals surface area contributed by atoms with Gasteiger partial charge in [0.2, 0.25) is 0 Å². The Bertz CT molecular complexity index is 791. The zero-order chi connectivity index (χ0) is 15.6. The molecule has 0 amide bonds. The summed E-state index contributed by atoms with van der Waals surface area (Å²) in [5.74, 6) is -1.22. The van der Waals surface area contributed by atoms with Crippen molar-refractivity contribution in [1.29, 1.82) is 0 Å². The molecular formula is C11H7Cl2N3O5. The number of nitrogens with zero attached hydrogens (tertiary/aromatic N) is 2. The molecular weight excluding hydrogens is 325 g/mol. The van der Waals surface area contributed by atoms with Gasteiger partial charge in [0.25, 0.3) is 5.56 Å². The first-order valence-electron chi connectivity index (χ1n) is 5.41. The van der Waals surface area contributed by atoms with Crippen molar-refractivity contribution in [2.75, 3.05) is 6.61 Å². The third-order valence-electron chi connectivity index (χ3n) is 2.28. The fourth-order valence-electron chi connectivity index (χ4n) is 1.48. The quantitative estimate of drug-likeness (QED) is 0.851. The van der Waals surface area contributed by atoms with E-state index in [0.717, 1.165) is 10.9 Å². The molecule has 0 spiro atoms. The maximum atomic E-state index is 11.6. The van der Waals surface area contributed by atoms with E-state index in [0.29, 0.717) is 0 Å². The van der Waals surface area contributed by atoms with E-state index in [2.05, 4.69) is 5.10 Å². The number of hydrogen-bond donors (Lipinski definition) is 2. The molecule has 0 aliphatic rings. The molecule has 0 radical (unpaired) electrons. The van der Waals surface area contributed by atoms with E-state index in [1.807, 2.05) is 4.98 Å². The summed E-state index contributed by atoms with van der Waals surface area (Å²) < 4.78 is 5.82. The van der Waals surface area contributed by atoms with Crippen LogP contribution in [0.4, 0.5) is 0 Å². The Balaban J connectivity index is 2.46. The molecule has 0 aliphatic carbocycles. The average Bonchev–Trinajstić information content (AvgIpc) is 2.37. The van der Waals surface area contributed by atoms with Crippen LogP contribution < -0.4 is 16.0 Å². The normalized spacial score (nSPS) is 10.4. The first-order chi connectivity index (χ1) is 9.88. The summed E-state index contributed by atoms with van der Waals surface area (Å²) in [7, 11) is 0. The molecule has 21 heavy (non-hydrogen) atoms. The van der Waals surface area contributed by atoms with Gasteiger partial charge >= 0.3 is 11.7 Å². The van der Waals surface area contributed by atoms with Crippen molar-refractivity contribution < 1.29 is 14.6 Å². The zero-order valence-electron chi connectivity index (χ0n) is 10.2. The smallest absolute Gasteiger partial charge is 0.349 e. The molecule has 2 rings (SSSR count). The lowest BCUT2D eigenvalue weighted by Crippen LogP contribution is -2.30. The molecule has 0 saturated heterocycles. The number of benzene rings is 1. The van der Waals surface area contributed by atoms with Crippen LogP contribution in [0, 0.1) is 0 Å². The Labute approximate surface area is 126 Å². The molecule has 1 heterocycles. The molecule has 2 N–H and O–H groups in total. The molecule has 8 nitrogen and oxygen atoms in total. The lowest BCUT2D eigenvalue weighted by Gasteiger charge is -2.10. The number of nitrogens with one attached hydrogen (secondary N) is 1. The summed E-state index contributed by atoms with van der Waals surface area (Å²) in [5.41, 5.74) is -1.22. The van der Waals surface area contributed by atoms with Crippen LogP contribution in [0.3, 0.4) is 0 Å². The highest BCUT2D eigenvalue weighted by atomic mass is 35.5. The fourth-order valence-corrected chi connectivity index (χ4v) is 2.06. The van der Waals surface area contributed by atoms with Crippen LogP contribution >= 0.6 is 23.2 Å². The number of H-pyrrole nitrogens is 1. The molecule has 2 aromatic rings. The van der Waals surface area contributed by atoms with Gasteiger partial charge in [-0.3, -0.25) is 9.78 Å². The first-order valence-corrected chi connectivity index (χ1v) is 6.17. The summed E-state index contributed by atoms with van der Waals surface area (Å²) >= 11 is 11.9. The molecule has 1 aromatic heterocycles. The molecule has 0 fully saturated rings. The van der Waals surface area contributed by atoms with Crippen molar-refractivity contribution in [2.24, 2.45) is 0 Å². The van der Waals surface area contributed by atoms with E-state index in [1.54, 1.807) is 0 Å². The van der Waals surface area contributed by atoms with Crippen molar-refractivity contribution in [3.8, 4) is 11.4 Å². The van der Waals surface area contributed by atoms with Crippen LogP contribution in [0.5, 0.6) is 5.75 Å². The van der Waals surface area contributed by atoms with Gasteiger partial charge in [-0.05, 0) is 12.1 Å². The van der Waals surface area contributed by atoms with Crippen LogP contribution in [0.15, 0.2) is 27.9 Å². The van der Waals surface area contributed by atoms with Gasteiger partial charge in [0.05, 0.1) is 15.7 Å². The van der Waals surface area contributed by atoms with Crippen molar-refractivity contribution in [3.05, 3.63) is 49.2 Å². The Hall–Kier alpha value is -2.32. The number of carboxylic acids is 1. The molecule has 110 valence electrons. The number of carboxylic acid groups (broad SMARTS) is 1. The third kappa shape index (κ3) is 3.41. The van der Waals surface area contributed by atoms with Gasteiger partial charge in [-0.25, -0.2) is 9.59 Å². The van der Waals surface area contributed by atoms with Crippen molar-refractivity contribution in [2.45, 2.75) is 0 Å². The number of rotatable bonds is 4. The van der Waals surface area contributed by atoms with E-state index < -0.39 is 23.8 Å². The second kappa shape index (κ2) is 5.98. The third-order valence-corrected chi connectivity index (χ3v) is 2.84. The van der Waals surface area contributed by atoms with Crippen molar-refractivity contribution in [3.63, 3.8) is 0 Å². The summed E-state index contributed by atoms with van der Waals surface area (Å²) in [5, 5.41) is 12.2. The highest BCUT2D eigenvalue weighted by Crippen LogP contribution is 2.34. The predicted molar refractivity (Wildman–Crippen MR) is 73.6 cm³/mol. The second-order valence-electron chi connectivity index (χ2n) is 3.77. The number of aromatic nitrogens is 3. The number of ether oxygens (including phenoxy) is 1. The number of halogens is 2. The fraction of sp³-hybridized carbons (Fsp3) is 0.0909. The van der Waals surface area contributed by atoms with Gasteiger partial charge < -0.3 is 9.84 Å². The molecule has 10 heteroatoms. The minimum atomic E-state index is -1.19. The highest BCUT2D eigenvalue weighted by Gasteiger charge is 2.13. The maximum absolute atomic E-state index is 11.6. The Morgan fingerprint density at radius 3 is 2.48 bits per heavy atom. The van der Waals surface area contributed by atoms with Crippen molar-refractivity contribution in [1.82, 2.24) is 14.8 Å². The Morgan fingerprint density at radius 1 is 1.33 bits per heavy atom. The van der Waals surface area contributed by atoms with Crippen LogP contribution in [-0.4, -0.2) is 32.4 Å². The topological polar surface area (TPSA) is 114 Å². The highest BCUT2D eigenvalue weighted by molar-refractivity contribution is 6.37. The monoisotopic (exact) mass is 331 g/mol. The second-order valence-corrected chi connectivity index (χ2v) is 4.59. The maximum Gasteiger partial charge on any atom is 0.349 e. The predicted octanol–water partition coefficient (Wildman–Crippen LogP) is 0.691. The van der Waals surface area contributed by atoms with Gasteiger partial charge in [-0.15, -0.1) is 0 Å². The lowest BCUT2D eigenvalue weighted by atomic mass is 10.3. The summed E-state index contributed by atoms with van der Waals surface area (Å²) in [4.78, 5) is 35.0. The summed E-state index contributed by atoms with van der Waals surface area (Å²) in [6.45, 7) is -0.615. The average molecular weight is 332 g/mol. The minimum absolute atomic E-state index is 0.00125. The Kier molecular flexibility index (Phi) is 4.29. The van der Waals surface area contributed by atoms with Crippen LogP contribution in [0.25, 0.3) is 5.69 Å². The Morgan fingerprint density at radius 2 is 1.95 bits per heavy atom. The molecule has 0 unspecified atom stereocenters. The standard InChI is InChI=1S/C11H7Cl2N3O5/c12-6-1-5(16-11(20)15-8(17)3-14-16)2-7(13)10(6)21-4-9(18)19/h1-3H,4H2,(H,18,19)(H,15,17,20). The van der Waals surface area contributed by atoms with Gasteiger partial charge in [0.15, 0.2) is 12.4 Å². The SMILES string of the molecule is O=C(O)COc1c(Cl)cc(-n2ncc(=O)[nH]c2=O)cc1Cl. The van der Waals surface area contributed by atoms with Crippen LogP contribution in [0.1, 0.15) is 0 Å². The molecule has 0 bridgehead atoms. The number of aromatic amines is 1. The van der Waals surface area contributed by atoms with Gasteiger partial charge in [-0.2, -0.15) is 9.78 Å². The van der Waals surface area contributed by atoms with Gasteiger partial charge in [-0.1, -0.05) is 23.2 Å². The number of carbonyl (C=O) groups is 1. The zero-order valence-corrected chi connectivity index (χ0v) is 11.7. The molecule has 0 aliphatic heterocycles. The van der Waals surface area contributed by atoms with Crippen LogP contribution in [0.2, 0.25) is 10.0 Å². The van der Waals surface area contributed by atoms with E-state index >= 15 is 0 Å². The van der Waals surface area contributed by atoms with E-state index in [9.17, 15) is 14.4 Å². The first kappa shape index (κ1) is 15.1. The van der Waals surface area contributed by atoms with E-state index in [-0.39, 0.29) is 21.5 Å². The number of aliphatic carboxylic acids is 1. The molecule has 0 saturated carbocycles. The molecule has 1 aromatic carbocycles. The van der Waals surface area contributed by atoms with E-state index in [4.69, 9.17) is 33.0 Å².